The Morgan fingerprint density at radius 2 is 2.22 bits per heavy atom. The quantitative estimate of drug-likeness (QED) is 0.880. The van der Waals surface area contributed by atoms with Crippen LogP contribution in [0.2, 0.25) is 0 Å². The van der Waals surface area contributed by atoms with Crippen molar-refractivity contribution in [2.45, 2.75) is 50.5 Å². The van der Waals surface area contributed by atoms with Gasteiger partial charge in [0.25, 0.3) is 0 Å². The van der Waals surface area contributed by atoms with Crippen LogP contribution in [0.1, 0.15) is 43.9 Å². The van der Waals surface area contributed by atoms with Crippen LogP contribution in [0.4, 0.5) is 0 Å². The number of carbonyl (C=O) groups is 1. The molecule has 0 spiro atoms. The second kappa shape index (κ2) is 5.85. The molecule has 1 heterocycles. The number of nitrogens with one attached hydrogen (secondary N) is 1. The lowest BCUT2D eigenvalue weighted by atomic mass is 9.72. The Hall–Kier alpha value is -0.870. The summed E-state index contributed by atoms with van der Waals surface area (Å²) in [5, 5.41) is 14.2. The summed E-state index contributed by atoms with van der Waals surface area (Å²) in [6, 6.07) is 4.08. The highest BCUT2D eigenvalue weighted by Crippen LogP contribution is 2.41. The molecular weight excluding hydrogens is 246 g/mol. The van der Waals surface area contributed by atoms with Crippen LogP contribution in [0.15, 0.2) is 17.5 Å². The summed E-state index contributed by atoms with van der Waals surface area (Å²) < 4.78 is 0. The summed E-state index contributed by atoms with van der Waals surface area (Å²) >= 11 is 1.67. The molecule has 3 nitrogen and oxygen atoms in total. The first-order chi connectivity index (χ1) is 8.65. The van der Waals surface area contributed by atoms with E-state index in [1.807, 2.05) is 11.4 Å². The molecule has 100 valence electrons. The molecule has 0 bridgehead atoms. The highest BCUT2D eigenvalue weighted by atomic mass is 32.1. The summed E-state index contributed by atoms with van der Waals surface area (Å²) in [4.78, 5) is 13.7. The lowest BCUT2D eigenvalue weighted by Gasteiger charge is -2.35. The van der Waals surface area contributed by atoms with Gasteiger partial charge in [-0.1, -0.05) is 25.3 Å². The SMILES string of the molecule is CC(O)CNC(=O)C1(c2cccs2)CCCCC1. The van der Waals surface area contributed by atoms with Crippen LogP contribution in [-0.4, -0.2) is 23.7 Å². The molecule has 1 aliphatic rings. The van der Waals surface area contributed by atoms with E-state index < -0.39 is 6.10 Å². The number of aliphatic hydroxyl groups is 1. The van der Waals surface area contributed by atoms with Crippen LogP contribution in [0, 0.1) is 0 Å². The van der Waals surface area contributed by atoms with Crippen LogP contribution >= 0.6 is 11.3 Å². The molecule has 0 aliphatic heterocycles. The van der Waals surface area contributed by atoms with Gasteiger partial charge in [-0.2, -0.15) is 0 Å². The molecule has 1 amide bonds. The van der Waals surface area contributed by atoms with Gasteiger partial charge in [-0.3, -0.25) is 4.79 Å². The highest BCUT2D eigenvalue weighted by Gasteiger charge is 2.41. The van der Waals surface area contributed by atoms with Crippen LogP contribution in [0.3, 0.4) is 0 Å². The maximum Gasteiger partial charge on any atom is 0.231 e. The Morgan fingerprint density at radius 3 is 2.78 bits per heavy atom. The van der Waals surface area contributed by atoms with Crippen LogP contribution in [0.25, 0.3) is 0 Å². The second-order valence-electron chi connectivity index (χ2n) is 5.18. The third-order valence-electron chi connectivity index (χ3n) is 3.69. The average molecular weight is 267 g/mol. The summed E-state index contributed by atoms with van der Waals surface area (Å²) in [7, 11) is 0. The third kappa shape index (κ3) is 2.75. The maximum atomic E-state index is 12.5. The van der Waals surface area contributed by atoms with Gasteiger partial charge in [0.15, 0.2) is 0 Å². The van der Waals surface area contributed by atoms with Crippen molar-refractivity contribution in [1.29, 1.82) is 0 Å². The van der Waals surface area contributed by atoms with Gasteiger partial charge in [0, 0.05) is 11.4 Å². The third-order valence-corrected chi connectivity index (χ3v) is 4.77. The molecule has 0 saturated heterocycles. The zero-order valence-corrected chi connectivity index (χ0v) is 11.6. The molecule has 1 aromatic rings. The first kappa shape index (κ1) is 13.6. The van der Waals surface area contributed by atoms with Gasteiger partial charge < -0.3 is 10.4 Å². The fourth-order valence-corrected chi connectivity index (χ4v) is 3.68. The van der Waals surface area contributed by atoms with Crippen LogP contribution < -0.4 is 5.32 Å². The smallest absolute Gasteiger partial charge is 0.231 e. The van der Waals surface area contributed by atoms with E-state index in [9.17, 15) is 9.90 Å². The van der Waals surface area contributed by atoms with Crippen LogP contribution in [0.5, 0.6) is 0 Å². The monoisotopic (exact) mass is 267 g/mol. The van der Waals surface area contributed by atoms with Gasteiger partial charge in [-0.05, 0) is 31.2 Å². The summed E-state index contributed by atoms with van der Waals surface area (Å²) in [6.07, 6.45) is 4.81. The van der Waals surface area contributed by atoms with E-state index in [0.29, 0.717) is 6.54 Å². The summed E-state index contributed by atoms with van der Waals surface area (Å²) in [6.45, 7) is 2.03. The number of aliphatic hydroxyl groups excluding tert-OH is 1. The van der Waals surface area contributed by atoms with E-state index in [2.05, 4.69) is 11.4 Å². The Labute approximate surface area is 112 Å². The van der Waals surface area contributed by atoms with Crippen LogP contribution in [-0.2, 0) is 10.2 Å². The Balaban J connectivity index is 2.17. The van der Waals surface area contributed by atoms with E-state index in [4.69, 9.17) is 0 Å². The van der Waals surface area contributed by atoms with Crippen molar-refractivity contribution in [2.75, 3.05) is 6.54 Å². The summed E-state index contributed by atoms with van der Waals surface area (Å²) in [5.74, 6) is 0.0885. The Kier molecular flexibility index (Phi) is 4.40. The van der Waals surface area contributed by atoms with E-state index in [1.165, 1.54) is 11.3 Å². The fourth-order valence-electron chi connectivity index (χ4n) is 2.70. The largest absolute Gasteiger partial charge is 0.392 e. The van der Waals surface area contributed by atoms with Gasteiger partial charge in [0.2, 0.25) is 5.91 Å². The van der Waals surface area contributed by atoms with E-state index >= 15 is 0 Å². The number of amides is 1. The standard InChI is InChI=1S/C14H21NO2S/c1-11(16)10-15-13(17)14(7-3-2-4-8-14)12-6-5-9-18-12/h5-6,9,11,16H,2-4,7-8,10H2,1H3,(H,15,17). The van der Waals surface area contributed by atoms with Crippen molar-refractivity contribution in [1.82, 2.24) is 5.32 Å². The second-order valence-corrected chi connectivity index (χ2v) is 6.13. The molecule has 18 heavy (non-hydrogen) atoms. The predicted octanol–water partition coefficient (Wildman–Crippen LogP) is 2.45. The van der Waals surface area contributed by atoms with Crippen molar-refractivity contribution in [2.24, 2.45) is 0 Å². The fraction of sp³-hybridized carbons (Fsp3) is 0.643. The molecule has 1 aromatic heterocycles. The minimum Gasteiger partial charge on any atom is -0.392 e. The van der Waals surface area contributed by atoms with E-state index in [-0.39, 0.29) is 11.3 Å². The average Bonchev–Trinajstić information content (AvgIpc) is 2.91. The molecular formula is C14H21NO2S. The van der Waals surface area contributed by atoms with E-state index in [0.717, 1.165) is 25.7 Å². The van der Waals surface area contributed by atoms with E-state index in [1.54, 1.807) is 18.3 Å². The van der Waals surface area contributed by atoms with Gasteiger partial charge in [-0.15, -0.1) is 11.3 Å². The van der Waals surface area contributed by atoms with Crippen molar-refractivity contribution in [3.8, 4) is 0 Å². The number of rotatable bonds is 4. The first-order valence-electron chi connectivity index (χ1n) is 6.65. The van der Waals surface area contributed by atoms with Gasteiger partial charge in [0.1, 0.15) is 0 Å². The predicted molar refractivity (Wildman–Crippen MR) is 73.8 cm³/mol. The zero-order chi connectivity index (χ0) is 13.0. The first-order valence-corrected chi connectivity index (χ1v) is 7.53. The number of carbonyl (C=O) groups excluding carboxylic acids is 1. The minimum absolute atomic E-state index is 0.0885. The molecule has 2 rings (SSSR count). The molecule has 1 saturated carbocycles. The molecule has 1 atom stereocenters. The van der Waals surface area contributed by atoms with Crippen molar-refractivity contribution in [3.63, 3.8) is 0 Å². The lowest BCUT2D eigenvalue weighted by molar-refractivity contribution is -0.128. The Morgan fingerprint density at radius 1 is 1.50 bits per heavy atom. The van der Waals surface area contributed by atoms with Gasteiger partial charge in [-0.25, -0.2) is 0 Å². The van der Waals surface area contributed by atoms with Crippen molar-refractivity contribution in [3.05, 3.63) is 22.4 Å². The topological polar surface area (TPSA) is 49.3 Å². The number of hydrogen-bond acceptors (Lipinski definition) is 3. The molecule has 4 heteroatoms. The normalized spacial score (nSPS) is 20.3. The zero-order valence-electron chi connectivity index (χ0n) is 10.8. The molecule has 1 fully saturated rings. The number of hydrogen-bond donors (Lipinski definition) is 2. The molecule has 1 unspecified atom stereocenters. The van der Waals surface area contributed by atoms with Crippen molar-refractivity contribution < 1.29 is 9.90 Å². The van der Waals surface area contributed by atoms with Gasteiger partial charge >= 0.3 is 0 Å². The Bertz CT molecular complexity index is 381. The molecule has 1 aliphatic carbocycles. The molecule has 2 N–H and O–H groups in total. The minimum atomic E-state index is -0.488. The maximum absolute atomic E-state index is 12.5. The molecule has 0 aromatic carbocycles. The molecule has 0 radical (unpaired) electrons. The highest BCUT2D eigenvalue weighted by molar-refractivity contribution is 7.10. The number of thiophene rings is 1. The summed E-state index contributed by atoms with van der Waals surface area (Å²) in [5.41, 5.74) is -0.346. The van der Waals surface area contributed by atoms with Crippen molar-refractivity contribution >= 4 is 17.2 Å². The lowest BCUT2D eigenvalue weighted by Crippen LogP contribution is -2.47. The van der Waals surface area contributed by atoms with Gasteiger partial charge in [0.05, 0.1) is 11.5 Å².